The van der Waals surface area contributed by atoms with E-state index in [1.165, 1.54) is 5.57 Å². The van der Waals surface area contributed by atoms with Crippen LogP contribution in [0.5, 0.6) is 0 Å². The Morgan fingerprint density at radius 1 is 1.15 bits per heavy atom. The molecule has 4 aliphatic carbocycles. The van der Waals surface area contributed by atoms with Gasteiger partial charge >= 0.3 is 5.97 Å². The van der Waals surface area contributed by atoms with E-state index < -0.39 is 11.5 Å². The molecular formula is C28H37NO4. The van der Waals surface area contributed by atoms with Crippen molar-refractivity contribution in [3.63, 3.8) is 0 Å². The molecule has 5 rings (SSSR count). The minimum absolute atomic E-state index is 0.0168. The van der Waals surface area contributed by atoms with Crippen LogP contribution in [0.1, 0.15) is 78.4 Å². The van der Waals surface area contributed by atoms with Gasteiger partial charge in [0, 0.05) is 11.5 Å². The summed E-state index contributed by atoms with van der Waals surface area (Å²) in [7, 11) is 0. The van der Waals surface area contributed by atoms with Crippen LogP contribution in [0.15, 0.2) is 46.1 Å². The van der Waals surface area contributed by atoms with Gasteiger partial charge in [-0.05, 0) is 111 Å². The lowest BCUT2D eigenvalue weighted by molar-refractivity contribution is -0.133. The maximum Gasteiger partial charge on any atom is 0.331 e. The van der Waals surface area contributed by atoms with E-state index in [1.54, 1.807) is 6.26 Å². The second-order valence-electron chi connectivity index (χ2n) is 11.9. The smallest absolute Gasteiger partial charge is 0.331 e. The number of furan rings is 1. The van der Waals surface area contributed by atoms with Crippen molar-refractivity contribution in [2.45, 2.75) is 78.2 Å². The molecule has 0 unspecified atom stereocenters. The van der Waals surface area contributed by atoms with E-state index in [4.69, 9.17) is 4.42 Å². The summed E-state index contributed by atoms with van der Waals surface area (Å²) in [6, 6.07) is 3.79. The van der Waals surface area contributed by atoms with E-state index >= 15 is 0 Å². The zero-order valence-electron chi connectivity index (χ0n) is 20.3. The zero-order chi connectivity index (χ0) is 23.6. The third kappa shape index (κ3) is 3.41. The van der Waals surface area contributed by atoms with Crippen LogP contribution in [0.25, 0.3) is 0 Å². The summed E-state index contributed by atoms with van der Waals surface area (Å²) in [5.41, 5.74) is 1.34. The fraction of sp³-hybridized carbons (Fsp3) is 0.643. The van der Waals surface area contributed by atoms with Crippen molar-refractivity contribution in [2.75, 3.05) is 0 Å². The highest BCUT2D eigenvalue weighted by Crippen LogP contribution is 2.66. The van der Waals surface area contributed by atoms with Crippen LogP contribution in [-0.2, 0) is 15.1 Å². The van der Waals surface area contributed by atoms with E-state index in [1.807, 2.05) is 32.1 Å². The van der Waals surface area contributed by atoms with Crippen molar-refractivity contribution in [3.05, 3.63) is 47.5 Å². The normalized spacial score (nSPS) is 37.8. The van der Waals surface area contributed by atoms with Crippen LogP contribution >= 0.6 is 0 Å². The molecule has 2 saturated carbocycles. The molecule has 5 heteroatoms. The lowest BCUT2D eigenvalue weighted by atomic mass is 9.48. The van der Waals surface area contributed by atoms with E-state index in [0.29, 0.717) is 29.7 Å². The molecule has 0 aromatic carbocycles. The summed E-state index contributed by atoms with van der Waals surface area (Å²) in [4.78, 5) is 25.1. The van der Waals surface area contributed by atoms with E-state index in [2.05, 4.69) is 25.2 Å². The molecule has 0 aliphatic heterocycles. The minimum Gasteiger partial charge on any atom is -0.478 e. The van der Waals surface area contributed by atoms with Crippen molar-refractivity contribution in [3.8, 4) is 0 Å². The third-order valence-electron chi connectivity index (χ3n) is 9.93. The summed E-state index contributed by atoms with van der Waals surface area (Å²) in [5.74, 6) is 1.88. The van der Waals surface area contributed by atoms with Gasteiger partial charge in [-0.1, -0.05) is 19.9 Å². The average Bonchev–Trinajstić information content (AvgIpc) is 3.41. The maximum atomic E-state index is 13.5. The molecular weight excluding hydrogens is 414 g/mol. The van der Waals surface area contributed by atoms with Crippen LogP contribution in [-0.4, -0.2) is 17.0 Å². The highest BCUT2D eigenvalue weighted by molar-refractivity contribution is 5.87. The number of nitrogens with one attached hydrogen (secondary N) is 1. The molecule has 1 amide bonds. The topological polar surface area (TPSA) is 79.5 Å². The molecule has 0 spiro atoms. The molecule has 0 radical (unpaired) electrons. The summed E-state index contributed by atoms with van der Waals surface area (Å²) in [5, 5.41) is 12.8. The number of carboxylic acid groups (broad SMARTS) is 1. The average molecular weight is 452 g/mol. The van der Waals surface area contributed by atoms with E-state index in [0.717, 1.165) is 44.3 Å². The standard InChI is InChI=1S/C28H37NO4/c1-26(2,23-6-5-15-33-23)29-24(30)22-10-9-20-19-8-7-18-16-17(25(31)32)11-13-27(18,3)21(19)12-14-28(20,22)4/h5-7,15-16,19-22H,8-14H2,1-4H3,(H,29,30)(H,31,32)/t19-,20-,21-,22+,27-,28-/m0/s1. The van der Waals surface area contributed by atoms with Crippen LogP contribution in [0.2, 0.25) is 0 Å². The van der Waals surface area contributed by atoms with Gasteiger partial charge in [0.1, 0.15) is 5.76 Å². The zero-order valence-corrected chi connectivity index (χ0v) is 20.3. The van der Waals surface area contributed by atoms with Crippen molar-refractivity contribution in [1.82, 2.24) is 5.32 Å². The summed E-state index contributed by atoms with van der Waals surface area (Å²) in [6.45, 7) is 8.73. The number of carboxylic acids is 1. The number of amides is 1. The Labute approximate surface area is 196 Å². The van der Waals surface area contributed by atoms with Crippen LogP contribution < -0.4 is 5.32 Å². The molecule has 0 saturated heterocycles. The molecule has 1 aromatic rings. The van der Waals surface area contributed by atoms with Gasteiger partial charge in [0.15, 0.2) is 0 Å². The number of hydrogen-bond donors (Lipinski definition) is 2. The Bertz CT molecular complexity index is 1020. The van der Waals surface area contributed by atoms with Gasteiger partial charge in [0.2, 0.25) is 5.91 Å². The predicted octanol–water partition coefficient (Wildman–Crippen LogP) is 5.83. The summed E-state index contributed by atoms with van der Waals surface area (Å²) in [6.07, 6.45) is 12.7. The number of hydrogen-bond acceptors (Lipinski definition) is 3. The Hall–Kier alpha value is -2.30. The number of aliphatic carboxylic acids is 1. The van der Waals surface area contributed by atoms with Gasteiger partial charge in [-0.2, -0.15) is 0 Å². The first-order chi connectivity index (χ1) is 15.6. The fourth-order valence-electron chi connectivity index (χ4n) is 8.02. The van der Waals surface area contributed by atoms with Crippen molar-refractivity contribution < 1.29 is 19.1 Å². The Balaban J connectivity index is 1.37. The highest BCUT2D eigenvalue weighted by atomic mass is 16.4. The lowest BCUT2D eigenvalue weighted by Crippen LogP contribution is -2.52. The maximum absolute atomic E-state index is 13.5. The van der Waals surface area contributed by atoms with Gasteiger partial charge in [-0.3, -0.25) is 4.79 Å². The first-order valence-corrected chi connectivity index (χ1v) is 12.6. The minimum atomic E-state index is -0.779. The van der Waals surface area contributed by atoms with Gasteiger partial charge in [-0.15, -0.1) is 0 Å². The quantitative estimate of drug-likeness (QED) is 0.603. The first-order valence-electron chi connectivity index (χ1n) is 12.6. The van der Waals surface area contributed by atoms with Crippen LogP contribution in [0.3, 0.4) is 0 Å². The number of allylic oxidation sites excluding steroid dienone is 3. The lowest BCUT2D eigenvalue weighted by Gasteiger charge is -2.57. The SMILES string of the molecule is CC(C)(NC(=O)[C@H]1CC[C@H]2[C@@H]3CC=C4C=C(C(=O)O)CC[C@]4(C)[C@H]3CC[C@]12C)c1ccco1. The van der Waals surface area contributed by atoms with Crippen molar-refractivity contribution >= 4 is 11.9 Å². The molecule has 33 heavy (non-hydrogen) atoms. The monoisotopic (exact) mass is 451 g/mol. The summed E-state index contributed by atoms with van der Waals surface area (Å²) < 4.78 is 5.59. The Morgan fingerprint density at radius 3 is 2.64 bits per heavy atom. The Morgan fingerprint density at radius 2 is 1.94 bits per heavy atom. The number of carbonyl (C=O) groups is 2. The van der Waals surface area contributed by atoms with Crippen LogP contribution in [0, 0.1) is 34.5 Å². The van der Waals surface area contributed by atoms with Crippen molar-refractivity contribution in [2.24, 2.45) is 34.5 Å². The molecule has 4 aliphatic rings. The molecule has 6 atom stereocenters. The molecule has 1 heterocycles. The summed E-state index contributed by atoms with van der Waals surface area (Å²) >= 11 is 0. The van der Waals surface area contributed by atoms with Crippen molar-refractivity contribution in [1.29, 1.82) is 0 Å². The highest BCUT2D eigenvalue weighted by Gasteiger charge is 2.59. The van der Waals surface area contributed by atoms with Gasteiger partial charge < -0.3 is 14.8 Å². The van der Waals surface area contributed by atoms with Gasteiger partial charge in [-0.25, -0.2) is 4.79 Å². The molecule has 2 fully saturated rings. The predicted molar refractivity (Wildman–Crippen MR) is 126 cm³/mol. The molecule has 0 bridgehead atoms. The van der Waals surface area contributed by atoms with E-state index in [9.17, 15) is 14.7 Å². The molecule has 2 N–H and O–H groups in total. The third-order valence-corrected chi connectivity index (χ3v) is 9.93. The number of carbonyl (C=O) groups excluding carboxylic acids is 1. The molecule has 1 aromatic heterocycles. The number of rotatable bonds is 4. The first kappa shape index (κ1) is 22.5. The second-order valence-corrected chi connectivity index (χ2v) is 11.9. The fourth-order valence-corrected chi connectivity index (χ4v) is 8.02. The second kappa shape index (κ2) is 7.61. The molecule has 5 nitrogen and oxygen atoms in total. The molecule has 178 valence electrons. The van der Waals surface area contributed by atoms with Crippen LogP contribution in [0.4, 0.5) is 0 Å². The largest absolute Gasteiger partial charge is 0.478 e. The number of fused-ring (bicyclic) bond motifs is 5. The van der Waals surface area contributed by atoms with Gasteiger partial charge in [0.05, 0.1) is 11.8 Å². The van der Waals surface area contributed by atoms with E-state index in [-0.39, 0.29) is 22.7 Å². The Kier molecular flexibility index (Phi) is 5.19. The van der Waals surface area contributed by atoms with Gasteiger partial charge in [0.25, 0.3) is 0 Å².